The second-order valence-electron chi connectivity index (χ2n) is 3.01. The number of nitrogens with zero attached hydrogens (tertiary/aromatic N) is 1. The highest BCUT2D eigenvalue weighted by Crippen LogP contribution is 2.44. The average Bonchev–Trinajstić information content (AvgIpc) is 2.79. The highest BCUT2D eigenvalue weighted by Gasteiger charge is 2.27. The average molecular weight is 203 g/mol. The molecule has 1 heterocycles. The van der Waals surface area contributed by atoms with Crippen molar-refractivity contribution in [3.8, 4) is 0 Å². The normalized spacial score (nSPS) is 16.5. The Kier molecular flexibility index (Phi) is 1.89. The van der Waals surface area contributed by atoms with Crippen molar-refractivity contribution in [3.05, 3.63) is 21.9 Å². The van der Waals surface area contributed by atoms with Gasteiger partial charge in [-0.15, -0.1) is 0 Å². The lowest BCUT2D eigenvalue weighted by Gasteiger charge is -2.05. The molecule has 0 spiro atoms. The molecule has 2 rings (SSSR count). The van der Waals surface area contributed by atoms with Crippen LogP contribution in [-0.4, -0.2) is 4.98 Å². The Bertz CT molecular complexity index is 321. The van der Waals surface area contributed by atoms with Crippen molar-refractivity contribution in [3.63, 3.8) is 0 Å². The fraction of sp³-hybridized carbons (Fsp3) is 0.375. The van der Waals surface area contributed by atoms with Gasteiger partial charge in [-0.2, -0.15) is 0 Å². The molecule has 0 atom stereocenters. The number of anilines is 1. The summed E-state index contributed by atoms with van der Waals surface area (Å²) >= 11 is 11.5. The van der Waals surface area contributed by atoms with E-state index in [9.17, 15) is 0 Å². The third kappa shape index (κ3) is 1.37. The molecule has 1 aromatic heterocycles. The minimum Gasteiger partial charge on any atom is -0.396 e. The van der Waals surface area contributed by atoms with E-state index in [0.717, 1.165) is 5.56 Å². The summed E-state index contributed by atoms with van der Waals surface area (Å²) in [6.07, 6.45) is 2.36. The first kappa shape index (κ1) is 8.14. The Morgan fingerprint density at radius 2 is 2.08 bits per heavy atom. The number of aromatic nitrogens is 1. The second kappa shape index (κ2) is 2.79. The molecule has 64 valence electrons. The first-order valence-electron chi connectivity index (χ1n) is 3.80. The van der Waals surface area contributed by atoms with Crippen LogP contribution in [0.2, 0.25) is 10.3 Å². The van der Waals surface area contributed by atoms with E-state index in [4.69, 9.17) is 28.9 Å². The van der Waals surface area contributed by atoms with Crippen molar-refractivity contribution in [1.29, 1.82) is 0 Å². The van der Waals surface area contributed by atoms with Gasteiger partial charge in [0.25, 0.3) is 0 Å². The number of hydrogen-bond donors (Lipinski definition) is 1. The van der Waals surface area contributed by atoms with E-state index in [1.807, 2.05) is 0 Å². The number of rotatable bonds is 1. The Balaban J connectivity index is 2.51. The van der Waals surface area contributed by atoms with Gasteiger partial charge in [-0.25, -0.2) is 4.98 Å². The molecule has 1 aromatic rings. The fourth-order valence-electron chi connectivity index (χ4n) is 1.24. The summed E-state index contributed by atoms with van der Waals surface area (Å²) in [6, 6.07) is 1.81. The van der Waals surface area contributed by atoms with Gasteiger partial charge in [-0.3, -0.25) is 0 Å². The van der Waals surface area contributed by atoms with Crippen molar-refractivity contribution in [2.45, 2.75) is 18.8 Å². The zero-order valence-corrected chi connectivity index (χ0v) is 7.86. The molecule has 0 unspecified atom stereocenters. The van der Waals surface area contributed by atoms with Crippen LogP contribution in [0.1, 0.15) is 24.3 Å². The fourth-order valence-corrected chi connectivity index (χ4v) is 1.69. The molecule has 0 aliphatic heterocycles. The topological polar surface area (TPSA) is 38.9 Å². The summed E-state index contributed by atoms with van der Waals surface area (Å²) in [5.41, 5.74) is 7.38. The monoisotopic (exact) mass is 202 g/mol. The zero-order valence-electron chi connectivity index (χ0n) is 6.35. The van der Waals surface area contributed by atoms with Gasteiger partial charge in [0.05, 0.1) is 5.69 Å². The summed E-state index contributed by atoms with van der Waals surface area (Å²) in [5, 5.41) is 0.750. The van der Waals surface area contributed by atoms with Gasteiger partial charge >= 0.3 is 0 Å². The molecule has 0 radical (unpaired) electrons. The number of nitrogen functional groups attached to an aromatic ring is 1. The van der Waals surface area contributed by atoms with Gasteiger partial charge in [0.2, 0.25) is 0 Å². The van der Waals surface area contributed by atoms with E-state index in [1.165, 1.54) is 12.8 Å². The van der Waals surface area contributed by atoms with Gasteiger partial charge < -0.3 is 5.73 Å². The van der Waals surface area contributed by atoms with E-state index in [-0.39, 0.29) is 0 Å². The molecule has 1 aliphatic rings. The quantitative estimate of drug-likeness (QED) is 0.712. The van der Waals surface area contributed by atoms with E-state index in [2.05, 4.69) is 4.98 Å². The Hall–Kier alpha value is -0.470. The third-order valence-electron chi connectivity index (χ3n) is 2.03. The van der Waals surface area contributed by atoms with Crippen molar-refractivity contribution < 1.29 is 0 Å². The van der Waals surface area contributed by atoms with Crippen molar-refractivity contribution >= 4 is 28.9 Å². The predicted molar refractivity (Wildman–Crippen MR) is 50.6 cm³/mol. The lowest BCUT2D eigenvalue weighted by Crippen LogP contribution is -1.96. The Morgan fingerprint density at radius 1 is 1.42 bits per heavy atom. The number of halogens is 2. The standard InChI is InChI=1S/C8H8Cl2N2/c9-6-3-5(4-1-2-4)7(11)8(10)12-6/h3-4H,1-2,11H2. The molecule has 1 fully saturated rings. The molecule has 1 saturated carbocycles. The van der Waals surface area contributed by atoms with E-state index in [1.54, 1.807) is 6.07 Å². The van der Waals surface area contributed by atoms with Crippen LogP contribution in [0.25, 0.3) is 0 Å². The van der Waals surface area contributed by atoms with Gasteiger partial charge in [0.1, 0.15) is 5.15 Å². The molecule has 4 heteroatoms. The third-order valence-corrected chi connectivity index (χ3v) is 2.51. The van der Waals surface area contributed by atoms with Crippen LogP contribution in [0.4, 0.5) is 5.69 Å². The van der Waals surface area contributed by atoms with E-state index in [0.29, 0.717) is 21.9 Å². The Labute approximate surface area is 80.7 Å². The summed E-state index contributed by atoms with van der Waals surface area (Å²) in [6.45, 7) is 0. The predicted octanol–water partition coefficient (Wildman–Crippen LogP) is 2.85. The van der Waals surface area contributed by atoms with Gasteiger partial charge in [0.15, 0.2) is 5.15 Å². The highest BCUT2D eigenvalue weighted by atomic mass is 35.5. The number of pyridine rings is 1. The van der Waals surface area contributed by atoms with Crippen LogP contribution >= 0.6 is 23.2 Å². The van der Waals surface area contributed by atoms with Crippen LogP contribution in [0.3, 0.4) is 0 Å². The Morgan fingerprint density at radius 3 is 2.67 bits per heavy atom. The van der Waals surface area contributed by atoms with E-state index >= 15 is 0 Å². The van der Waals surface area contributed by atoms with Crippen molar-refractivity contribution in [2.75, 3.05) is 5.73 Å². The summed E-state index contributed by atoms with van der Waals surface area (Å²) in [5.74, 6) is 0.558. The lowest BCUT2D eigenvalue weighted by atomic mass is 10.1. The van der Waals surface area contributed by atoms with E-state index < -0.39 is 0 Å². The smallest absolute Gasteiger partial charge is 0.153 e. The second-order valence-corrected chi connectivity index (χ2v) is 3.76. The lowest BCUT2D eigenvalue weighted by molar-refractivity contribution is 1.11. The largest absolute Gasteiger partial charge is 0.396 e. The van der Waals surface area contributed by atoms with Crippen LogP contribution < -0.4 is 5.73 Å². The molecule has 0 amide bonds. The maximum absolute atomic E-state index is 5.77. The number of nitrogens with two attached hydrogens (primary N) is 1. The maximum Gasteiger partial charge on any atom is 0.153 e. The van der Waals surface area contributed by atoms with Crippen LogP contribution in [0, 0.1) is 0 Å². The van der Waals surface area contributed by atoms with Gasteiger partial charge in [-0.05, 0) is 30.4 Å². The molecule has 1 aliphatic carbocycles. The minimum absolute atomic E-state index is 0.324. The van der Waals surface area contributed by atoms with Crippen molar-refractivity contribution in [2.24, 2.45) is 0 Å². The van der Waals surface area contributed by atoms with Gasteiger partial charge in [-0.1, -0.05) is 23.2 Å². The molecule has 12 heavy (non-hydrogen) atoms. The molecule has 0 bridgehead atoms. The first-order valence-corrected chi connectivity index (χ1v) is 4.55. The number of hydrogen-bond acceptors (Lipinski definition) is 2. The summed E-state index contributed by atoms with van der Waals surface area (Å²) < 4.78 is 0. The minimum atomic E-state index is 0.324. The molecule has 0 aromatic carbocycles. The van der Waals surface area contributed by atoms with Crippen molar-refractivity contribution in [1.82, 2.24) is 4.98 Å². The molecule has 0 saturated heterocycles. The summed E-state index contributed by atoms with van der Waals surface area (Å²) in [7, 11) is 0. The van der Waals surface area contributed by atoms with Crippen LogP contribution in [0.5, 0.6) is 0 Å². The maximum atomic E-state index is 5.77. The molecule has 2 nitrogen and oxygen atoms in total. The highest BCUT2D eigenvalue weighted by molar-refractivity contribution is 6.34. The molecule has 2 N–H and O–H groups in total. The van der Waals surface area contributed by atoms with Gasteiger partial charge in [0, 0.05) is 0 Å². The van der Waals surface area contributed by atoms with Crippen LogP contribution in [0.15, 0.2) is 6.07 Å². The molecular weight excluding hydrogens is 195 g/mol. The summed E-state index contributed by atoms with van der Waals surface area (Å²) in [4.78, 5) is 3.85. The molecular formula is C8H8Cl2N2. The first-order chi connectivity index (χ1) is 5.68. The SMILES string of the molecule is Nc1c(C2CC2)cc(Cl)nc1Cl. The van der Waals surface area contributed by atoms with Crippen LogP contribution in [-0.2, 0) is 0 Å². The zero-order chi connectivity index (χ0) is 8.72.